The second-order valence-electron chi connectivity index (χ2n) is 4.86. The molecular weight excluding hydrogens is 194 g/mol. The standard InChI is InChI=1S/C15H25N/c1-4-13(6-5-11-16)15-9-7-14(8-10-15)12(2)3/h7-10,12-13H,4-6,11,16H2,1-3H3. The van der Waals surface area contributed by atoms with E-state index in [1.54, 1.807) is 0 Å². The number of nitrogens with two attached hydrogens (primary N) is 1. The third-order valence-electron chi connectivity index (χ3n) is 3.32. The Balaban J connectivity index is 2.70. The van der Waals surface area contributed by atoms with Gasteiger partial charge in [0.1, 0.15) is 0 Å². The Bertz CT molecular complexity index is 287. The smallest absolute Gasteiger partial charge is 0.00771 e. The van der Waals surface area contributed by atoms with E-state index in [2.05, 4.69) is 45.0 Å². The average Bonchev–Trinajstić information content (AvgIpc) is 2.30. The van der Waals surface area contributed by atoms with Gasteiger partial charge in [0.25, 0.3) is 0 Å². The zero-order valence-electron chi connectivity index (χ0n) is 10.9. The summed E-state index contributed by atoms with van der Waals surface area (Å²) in [4.78, 5) is 0. The molecule has 0 aliphatic carbocycles. The quantitative estimate of drug-likeness (QED) is 0.767. The molecule has 1 heteroatoms. The van der Waals surface area contributed by atoms with Gasteiger partial charge < -0.3 is 5.73 Å². The summed E-state index contributed by atoms with van der Waals surface area (Å²) in [6, 6.07) is 9.12. The van der Waals surface area contributed by atoms with E-state index in [4.69, 9.17) is 5.73 Å². The van der Waals surface area contributed by atoms with E-state index in [9.17, 15) is 0 Å². The molecule has 1 unspecified atom stereocenters. The van der Waals surface area contributed by atoms with E-state index in [0.29, 0.717) is 11.8 Å². The van der Waals surface area contributed by atoms with Crippen LogP contribution < -0.4 is 5.73 Å². The Hall–Kier alpha value is -0.820. The maximum Gasteiger partial charge on any atom is -0.00771 e. The molecule has 0 fully saturated rings. The second kappa shape index (κ2) is 6.70. The van der Waals surface area contributed by atoms with Gasteiger partial charge in [-0.05, 0) is 48.8 Å². The predicted octanol–water partition coefficient (Wildman–Crippen LogP) is 4.04. The van der Waals surface area contributed by atoms with Crippen molar-refractivity contribution in [2.24, 2.45) is 5.73 Å². The van der Waals surface area contributed by atoms with Gasteiger partial charge in [-0.1, -0.05) is 45.0 Å². The summed E-state index contributed by atoms with van der Waals surface area (Å²) in [5.74, 6) is 1.31. The van der Waals surface area contributed by atoms with Gasteiger partial charge in [0.2, 0.25) is 0 Å². The third kappa shape index (κ3) is 3.64. The lowest BCUT2D eigenvalue weighted by atomic mass is 9.90. The van der Waals surface area contributed by atoms with Crippen LogP contribution >= 0.6 is 0 Å². The molecule has 16 heavy (non-hydrogen) atoms. The highest BCUT2D eigenvalue weighted by atomic mass is 14.5. The molecule has 1 rings (SSSR count). The molecule has 0 bridgehead atoms. The van der Waals surface area contributed by atoms with Crippen molar-refractivity contribution in [3.63, 3.8) is 0 Å². The number of hydrogen-bond acceptors (Lipinski definition) is 1. The minimum atomic E-state index is 0.623. The predicted molar refractivity (Wildman–Crippen MR) is 71.9 cm³/mol. The van der Waals surface area contributed by atoms with E-state index in [-0.39, 0.29) is 0 Å². The fourth-order valence-electron chi connectivity index (χ4n) is 2.12. The molecule has 90 valence electrons. The lowest BCUT2D eigenvalue weighted by Gasteiger charge is -2.16. The highest BCUT2D eigenvalue weighted by molar-refractivity contribution is 5.27. The summed E-state index contributed by atoms with van der Waals surface area (Å²) in [7, 11) is 0. The van der Waals surface area contributed by atoms with Crippen molar-refractivity contribution in [2.75, 3.05) is 6.54 Å². The molecule has 0 heterocycles. The molecule has 1 atom stereocenters. The Morgan fingerprint density at radius 1 is 1.06 bits per heavy atom. The van der Waals surface area contributed by atoms with Gasteiger partial charge >= 0.3 is 0 Å². The highest BCUT2D eigenvalue weighted by Crippen LogP contribution is 2.26. The summed E-state index contributed by atoms with van der Waals surface area (Å²) in [5, 5.41) is 0. The monoisotopic (exact) mass is 219 g/mol. The first-order chi connectivity index (χ1) is 7.69. The SMILES string of the molecule is CCC(CCCN)c1ccc(C(C)C)cc1. The highest BCUT2D eigenvalue weighted by Gasteiger charge is 2.09. The van der Waals surface area contributed by atoms with E-state index in [1.165, 1.54) is 24.0 Å². The van der Waals surface area contributed by atoms with Crippen molar-refractivity contribution in [3.05, 3.63) is 35.4 Å². The molecule has 0 aliphatic heterocycles. The van der Waals surface area contributed by atoms with Crippen molar-refractivity contribution in [1.82, 2.24) is 0 Å². The molecular formula is C15H25N. The van der Waals surface area contributed by atoms with Gasteiger partial charge in [-0.15, -0.1) is 0 Å². The van der Waals surface area contributed by atoms with Crippen molar-refractivity contribution in [2.45, 2.75) is 51.9 Å². The fourth-order valence-corrected chi connectivity index (χ4v) is 2.12. The van der Waals surface area contributed by atoms with Crippen molar-refractivity contribution >= 4 is 0 Å². The molecule has 2 N–H and O–H groups in total. The number of hydrogen-bond donors (Lipinski definition) is 1. The maximum absolute atomic E-state index is 5.57. The lowest BCUT2D eigenvalue weighted by molar-refractivity contribution is 0.581. The molecule has 0 saturated carbocycles. The van der Waals surface area contributed by atoms with Crippen LogP contribution in [0.2, 0.25) is 0 Å². The van der Waals surface area contributed by atoms with Gasteiger partial charge in [0, 0.05) is 0 Å². The minimum Gasteiger partial charge on any atom is -0.330 e. The Kier molecular flexibility index (Phi) is 5.54. The van der Waals surface area contributed by atoms with Gasteiger partial charge in [-0.25, -0.2) is 0 Å². The lowest BCUT2D eigenvalue weighted by Crippen LogP contribution is -2.04. The Morgan fingerprint density at radius 2 is 1.62 bits per heavy atom. The van der Waals surface area contributed by atoms with Crippen molar-refractivity contribution < 1.29 is 0 Å². The zero-order chi connectivity index (χ0) is 12.0. The summed E-state index contributed by atoms with van der Waals surface area (Å²) in [6.45, 7) is 7.54. The first-order valence-electron chi connectivity index (χ1n) is 6.49. The second-order valence-corrected chi connectivity index (χ2v) is 4.86. The molecule has 0 spiro atoms. The molecule has 0 amide bonds. The molecule has 1 aromatic carbocycles. The fraction of sp³-hybridized carbons (Fsp3) is 0.600. The molecule has 0 saturated heterocycles. The van der Waals surface area contributed by atoms with Gasteiger partial charge in [-0.2, -0.15) is 0 Å². The van der Waals surface area contributed by atoms with Crippen LogP contribution in [0.4, 0.5) is 0 Å². The molecule has 1 aromatic rings. The first-order valence-corrected chi connectivity index (χ1v) is 6.49. The minimum absolute atomic E-state index is 0.623. The average molecular weight is 219 g/mol. The summed E-state index contributed by atoms with van der Waals surface area (Å²) >= 11 is 0. The van der Waals surface area contributed by atoms with E-state index < -0.39 is 0 Å². The van der Waals surface area contributed by atoms with Crippen LogP contribution in [0.3, 0.4) is 0 Å². The van der Waals surface area contributed by atoms with Gasteiger partial charge in [0.15, 0.2) is 0 Å². The van der Waals surface area contributed by atoms with Crippen LogP contribution in [-0.4, -0.2) is 6.54 Å². The van der Waals surface area contributed by atoms with Crippen molar-refractivity contribution in [3.8, 4) is 0 Å². The first kappa shape index (κ1) is 13.2. The number of benzene rings is 1. The van der Waals surface area contributed by atoms with Crippen LogP contribution in [0.15, 0.2) is 24.3 Å². The topological polar surface area (TPSA) is 26.0 Å². The zero-order valence-corrected chi connectivity index (χ0v) is 10.9. The largest absolute Gasteiger partial charge is 0.330 e. The van der Waals surface area contributed by atoms with E-state index in [0.717, 1.165) is 13.0 Å². The third-order valence-corrected chi connectivity index (χ3v) is 3.32. The molecule has 0 aliphatic rings. The van der Waals surface area contributed by atoms with Crippen LogP contribution in [-0.2, 0) is 0 Å². The summed E-state index contributed by atoms with van der Waals surface area (Å²) < 4.78 is 0. The summed E-state index contributed by atoms with van der Waals surface area (Å²) in [6.07, 6.45) is 3.56. The molecule has 1 nitrogen and oxygen atoms in total. The van der Waals surface area contributed by atoms with E-state index in [1.807, 2.05) is 0 Å². The van der Waals surface area contributed by atoms with Gasteiger partial charge in [-0.3, -0.25) is 0 Å². The Labute approximate surface area is 100 Å². The van der Waals surface area contributed by atoms with Crippen LogP contribution in [0.25, 0.3) is 0 Å². The van der Waals surface area contributed by atoms with Crippen LogP contribution in [0.5, 0.6) is 0 Å². The van der Waals surface area contributed by atoms with Gasteiger partial charge in [0.05, 0.1) is 0 Å². The van der Waals surface area contributed by atoms with E-state index >= 15 is 0 Å². The number of rotatable bonds is 6. The van der Waals surface area contributed by atoms with Crippen LogP contribution in [0, 0.1) is 0 Å². The van der Waals surface area contributed by atoms with Crippen molar-refractivity contribution in [1.29, 1.82) is 0 Å². The molecule has 0 aromatic heterocycles. The normalized spacial score (nSPS) is 13.1. The summed E-state index contributed by atoms with van der Waals surface area (Å²) in [5.41, 5.74) is 8.47. The van der Waals surface area contributed by atoms with Crippen LogP contribution in [0.1, 0.15) is 63.0 Å². The Morgan fingerprint density at radius 3 is 2.06 bits per heavy atom. The molecule has 0 radical (unpaired) electrons. The maximum atomic E-state index is 5.57.